The smallest absolute Gasteiger partial charge is 0.253 e. The molecule has 8 heteroatoms. The minimum absolute atomic E-state index is 0.142. The first-order valence-electron chi connectivity index (χ1n) is 13.7. The van der Waals surface area contributed by atoms with Crippen molar-refractivity contribution in [3.8, 4) is 0 Å². The molecule has 4 rings (SSSR count). The summed E-state index contributed by atoms with van der Waals surface area (Å²) in [7, 11) is 0. The van der Waals surface area contributed by atoms with Crippen LogP contribution in [0.2, 0.25) is 5.02 Å². The van der Waals surface area contributed by atoms with E-state index < -0.39 is 0 Å². The van der Waals surface area contributed by atoms with Crippen LogP contribution in [-0.2, 0) is 12.8 Å². The third-order valence-corrected chi connectivity index (χ3v) is 7.84. The number of amides is 1. The number of carbonyl (C=O) groups excluding carboxylic acids is 1. The Kier molecular flexibility index (Phi) is 9.69. The second-order valence-electron chi connectivity index (χ2n) is 10.0. The Morgan fingerprint density at radius 1 is 1.39 bits per heavy atom. The van der Waals surface area contributed by atoms with E-state index >= 15 is 0 Å². The van der Waals surface area contributed by atoms with Gasteiger partial charge in [0.1, 0.15) is 5.84 Å². The molecule has 0 fully saturated rings. The maximum Gasteiger partial charge on any atom is 0.253 e. The lowest BCUT2D eigenvalue weighted by molar-refractivity contribution is 0.0949. The van der Waals surface area contributed by atoms with Crippen LogP contribution in [0.4, 0.5) is 0 Å². The summed E-state index contributed by atoms with van der Waals surface area (Å²) in [4.78, 5) is 29.3. The SMILES string of the molecule is C=CC(C)C1NC(CN(CCCNC(=O)c2c(Cl)cncc2CC)C2CCCc3cccnc32)=N/C1=C/C. The van der Waals surface area contributed by atoms with Crippen molar-refractivity contribution >= 4 is 23.3 Å². The maximum absolute atomic E-state index is 12.9. The number of fused-ring (bicyclic) bond motifs is 1. The lowest BCUT2D eigenvalue weighted by Crippen LogP contribution is -2.43. The van der Waals surface area contributed by atoms with Crippen LogP contribution in [0.25, 0.3) is 0 Å². The predicted molar refractivity (Wildman–Crippen MR) is 155 cm³/mol. The standard InChI is InChI=1S/C30H39ClN6O/c1-5-20(4)28-24(7-3)35-26(36-28)19-37(25-13-8-11-22-12-9-14-33-29(22)25)16-10-15-34-30(38)27-21(6-2)17-32-18-23(27)31/h5,7,9,12,14,17-18,20,25,28H,1,6,8,10-11,13,15-16,19H2,2-4H3,(H,34,38)(H,35,36)/b24-7+. The fourth-order valence-electron chi connectivity index (χ4n) is 5.42. The highest BCUT2D eigenvalue weighted by Gasteiger charge is 2.31. The normalized spacial score (nSPS) is 20.6. The van der Waals surface area contributed by atoms with Gasteiger partial charge in [-0.3, -0.25) is 19.7 Å². The summed E-state index contributed by atoms with van der Waals surface area (Å²) in [5.74, 6) is 1.10. The van der Waals surface area contributed by atoms with Gasteiger partial charge in [0.15, 0.2) is 0 Å². The number of aliphatic imine (C=N–C) groups is 1. The number of allylic oxidation sites excluding steroid dienone is 1. The van der Waals surface area contributed by atoms with E-state index in [4.69, 9.17) is 21.6 Å². The summed E-state index contributed by atoms with van der Waals surface area (Å²) in [5.41, 5.74) is 4.93. The molecule has 0 saturated heterocycles. The number of halogens is 1. The number of hydrogen-bond acceptors (Lipinski definition) is 6. The lowest BCUT2D eigenvalue weighted by atomic mass is 9.90. The van der Waals surface area contributed by atoms with Crippen molar-refractivity contribution in [2.75, 3.05) is 19.6 Å². The van der Waals surface area contributed by atoms with Gasteiger partial charge in [-0.1, -0.05) is 43.7 Å². The number of hydrogen-bond donors (Lipinski definition) is 2. The first-order valence-corrected chi connectivity index (χ1v) is 14.1. The molecular formula is C30H39ClN6O. The topological polar surface area (TPSA) is 82.5 Å². The van der Waals surface area contributed by atoms with Gasteiger partial charge in [0, 0.05) is 31.7 Å². The molecule has 38 heavy (non-hydrogen) atoms. The molecule has 3 atom stereocenters. The number of carbonyl (C=O) groups is 1. The molecule has 2 aliphatic rings. The van der Waals surface area contributed by atoms with Crippen molar-refractivity contribution in [3.63, 3.8) is 0 Å². The zero-order chi connectivity index (χ0) is 27.1. The highest BCUT2D eigenvalue weighted by molar-refractivity contribution is 6.33. The Labute approximate surface area is 231 Å². The van der Waals surface area contributed by atoms with Crippen LogP contribution < -0.4 is 10.6 Å². The number of amidine groups is 1. The molecule has 2 N–H and O–H groups in total. The molecule has 0 saturated carbocycles. The summed E-state index contributed by atoms with van der Waals surface area (Å²) in [5, 5.41) is 7.11. The summed E-state index contributed by atoms with van der Waals surface area (Å²) < 4.78 is 0. The molecule has 2 aromatic rings. The van der Waals surface area contributed by atoms with Gasteiger partial charge in [0.05, 0.1) is 40.6 Å². The summed E-state index contributed by atoms with van der Waals surface area (Å²) in [6.45, 7) is 12.2. The van der Waals surface area contributed by atoms with Crippen LogP contribution in [0.5, 0.6) is 0 Å². The van der Waals surface area contributed by atoms with Crippen LogP contribution in [0.1, 0.15) is 73.3 Å². The van der Waals surface area contributed by atoms with E-state index in [1.165, 1.54) is 17.5 Å². The summed E-state index contributed by atoms with van der Waals surface area (Å²) in [6.07, 6.45) is 13.9. The van der Waals surface area contributed by atoms with Gasteiger partial charge >= 0.3 is 0 Å². The molecule has 1 aliphatic carbocycles. The van der Waals surface area contributed by atoms with E-state index in [1.54, 1.807) is 6.20 Å². The number of aryl methyl sites for hydroxylation is 2. The fourth-order valence-corrected chi connectivity index (χ4v) is 5.68. The van der Waals surface area contributed by atoms with Crippen molar-refractivity contribution < 1.29 is 4.79 Å². The fraction of sp³-hybridized carbons (Fsp3) is 0.467. The highest BCUT2D eigenvalue weighted by Crippen LogP contribution is 2.33. The molecule has 0 aromatic carbocycles. The van der Waals surface area contributed by atoms with Gasteiger partial charge in [-0.25, -0.2) is 4.99 Å². The van der Waals surface area contributed by atoms with E-state index in [-0.39, 0.29) is 23.9 Å². The van der Waals surface area contributed by atoms with Crippen LogP contribution in [-0.4, -0.2) is 52.3 Å². The number of nitrogens with zero attached hydrogens (tertiary/aromatic N) is 4. The van der Waals surface area contributed by atoms with Crippen LogP contribution in [0.15, 0.2) is 60.1 Å². The largest absolute Gasteiger partial charge is 0.363 e. The quantitative estimate of drug-likeness (QED) is 0.302. The van der Waals surface area contributed by atoms with Gasteiger partial charge in [0.25, 0.3) is 5.91 Å². The van der Waals surface area contributed by atoms with Gasteiger partial charge in [-0.05, 0) is 62.1 Å². The number of rotatable bonds is 11. The number of nitrogens with one attached hydrogen (secondary N) is 2. The molecule has 2 aromatic heterocycles. The predicted octanol–water partition coefficient (Wildman–Crippen LogP) is 5.29. The van der Waals surface area contributed by atoms with Crippen LogP contribution in [0.3, 0.4) is 0 Å². The molecule has 1 amide bonds. The average Bonchev–Trinajstić information content (AvgIpc) is 3.36. The van der Waals surface area contributed by atoms with E-state index in [0.717, 1.165) is 49.3 Å². The Morgan fingerprint density at radius 3 is 3.00 bits per heavy atom. The van der Waals surface area contributed by atoms with Gasteiger partial charge in [-0.15, -0.1) is 6.58 Å². The van der Waals surface area contributed by atoms with Crippen LogP contribution in [0, 0.1) is 5.92 Å². The molecule has 0 spiro atoms. The first kappa shape index (κ1) is 28.0. The van der Waals surface area contributed by atoms with Gasteiger partial charge < -0.3 is 10.6 Å². The van der Waals surface area contributed by atoms with E-state index in [2.05, 4.69) is 46.2 Å². The second-order valence-corrected chi connectivity index (χ2v) is 10.4. The van der Waals surface area contributed by atoms with Gasteiger partial charge in [-0.2, -0.15) is 0 Å². The molecule has 7 nitrogen and oxygen atoms in total. The minimum atomic E-state index is -0.147. The van der Waals surface area contributed by atoms with Crippen molar-refractivity contribution in [2.24, 2.45) is 10.9 Å². The minimum Gasteiger partial charge on any atom is -0.363 e. The van der Waals surface area contributed by atoms with Crippen molar-refractivity contribution in [1.82, 2.24) is 25.5 Å². The van der Waals surface area contributed by atoms with Crippen molar-refractivity contribution in [3.05, 3.63) is 82.6 Å². The lowest BCUT2D eigenvalue weighted by Gasteiger charge is -2.35. The molecule has 3 unspecified atom stereocenters. The third kappa shape index (κ3) is 6.33. The highest BCUT2D eigenvalue weighted by atomic mass is 35.5. The Bertz CT molecular complexity index is 1210. The summed E-state index contributed by atoms with van der Waals surface area (Å²) in [6, 6.07) is 4.58. The molecular weight excluding hydrogens is 496 g/mol. The van der Waals surface area contributed by atoms with Gasteiger partial charge in [0.2, 0.25) is 0 Å². The van der Waals surface area contributed by atoms with E-state index in [9.17, 15) is 4.79 Å². The third-order valence-electron chi connectivity index (χ3n) is 7.55. The molecule has 202 valence electrons. The number of aromatic nitrogens is 2. The van der Waals surface area contributed by atoms with Crippen molar-refractivity contribution in [1.29, 1.82) is 0 Å². The monoisotopic (exact) mass is 534 g/mol. The first-order chi connectivity index (χ1) is 18.5. The zero-order valence-electron chi connectivity index (χ0n) is 22.7. The second kappa shape index (κ2) is 13.2. The molecule has 1 aliphatic heterocycles. The average molecular weight is 535 g/mol. The summed E-state index contributed by atoms with van der Waals surface area (Å²) >= 11 is 6.31. The molecule has 0 radical (unpaired) electrons. The van der Waals surface area contributed by atoms with E-state index in [0.29, 0.717) is 30.1 Å². The van der Waals surface area contributed by atoms with E-state index in [1.807, 2.05) is 32.2 Å². The molecule has 0 bridgehead atoms. The Hall–Kier alpha value is -3.03. The molecule has 3 heterocycles. The maximum atomic E-state index is 12.9. The number of pyridine rings is 2. The van der Waals surface area contributed by atoms with Crippen molar-refractivity contribution in [2.45, 2.75) is 65.0 Å². The van der Waals surface area contributed by atoms with Crippen LogP contribution >= 0.6 is 11.6 Å². The Balaban J connectivity index is 1.47. The zero-order valence-corrected chi connectivity index (χ0v) is 23.5. The Morgan fingerprint density at radius 2 is 2.24 bits per heavy atom.